The summed E-state index contributed by atoms with van der Waals surface area (Å²) in [5, 5.41) is 3.50. The van der Waals surface area contributed by atoms with E-state index in [1.54, 1.807) is 0 Å². The maximum Gasteiger partial charge on any atom is 0.0166 e. The lowest BCUT2D eigenvalue weighted by Crippen LogP contribution is -2.40. The molecule has 1 saturated carbocycles. The van der Waals surface area contributed by atoms with Crippen LogP contribution < -0.4 is 11.1 Å². The number of hydrogen-bond acceptors (Lipinski definition) is 2. The third-order valence-corrected chi connectivity index (χ3v) is 3.05. The highest BCUT2D eigenvalue weighted by molar-refractivity contribution is 4.89. The van der Waals surface area contributed by atoms with E-state index >= 15 is 0 Å². The Kier molecular flexibility index (Phi) is 3.96. The summed E-state index contributed by atoms with van der Waals surface area (Å²) < 4.78 is 0. The third-order valence-electron chi connectivity index (χ3n) is 3.05. The Morgan fingerprint density at radius 3 is 2.29 bits per heavy atom. The fourth-order valence-electron chi connectivity index (χ4n) is 2.13. The van der Waals surface area contributed by atoms with Gasteiger partial charge in [-0.05, 0) is 37.8 Å². The number of nitrogens with one attached hydrogen (secondary N) is 1. The van der Waals surface area contributed by atoms with Crippen LogP contribution in [0, 0.1) is 5.41 Å². The molecule has 0 aliphatic heterocycles. The van der Waals surface area contributed by atoms with Gasteiger partial charge in [0.05, 0.1) is 0 Å². The second-order valence-corrected chi connectivity index (χ2v) is 6.06. The van der Waals surface area contributed by atoms with E-state index in [0.717, 1.165) is 19.5 Å². The number of hydrogen-bond donors (Lipinski definition) is 2. The molecule has 0 spiro atoms. The van der Waals surface area contributed by atoms with Crippen LogP contribution in [0.3, 0.4) is 0 Å². The molecular formula is C12H26N2. The fourth-order valence-corrected chi connectivity index (χ4v) is 2.13. The summed E-state index contributed by atoms with van der Waals surface area (Å²) in [4.78, 5) is 0. The van der Waals surface area contributed by atoms with Crippen molar-refractivity contribution in [3.05, 3.63) is 0 Å². The first-order valence-electron chi connectivity index (χ1n) is 5.91. The van der Waals surface area contributed by atoms with Gasteiger partial charge in [0.25, 0.3) is 0 Å². The largest absolute Gasteiger partial charge is 0.325 e. The molecule has 0 aromatic rings. The lowest BCUT2D eigenvalue weighted by Gasteiger charge is -2.25. The summed E-state index contributed by atoms with van der Waals surface area (Å²) in [6.07, 6.45) is 6.25. The Bertz CT molecular complexity index is 164. The first kappa shape index (κ1) is 12.0. The predicted molar refractivity (Wildman–Crippen MR) is 62.3 cm³/mol. The molecule has 2 nitrogen and oxygen atoms in total. The first-order valence-corrected chi connectivity index (χ1v) is 5.91. The minimum atomic E-state index is 0.158. The zero-order valence-corrected chi connectivity index (χ0v) is 10.0. The van der Waals surface area contributed by atoms with Crippen LogP contribution in [0.5, 0.6) is 0 Å². The van der Waals surface area contributed by atoms with E-state index in [1.165, 1.54) is 25.7 Å². The lowest BCUT2D eigenvalue weighted by molar-refractivity contribution is 0.347. The summed E-state index contributed by atoms with van der Waals surface area (Å²) in [5.41, 5.74) is 6.81. The zero-order chi connectivity index (χ0) is 10.7. The Labute approximate surface area is 88.6 Å². The SMILES string of the molecule is CC(C)(C)CNCCC1(N)CCCC1. The Balaban J connectivity index is 2.09. The van der Waals surface area contributed by atoms with E-state index in [9.17, 15) is 0 Å². The maximum absolute atomic E-state index is 6.27. The van der Waals surface area contributed by atoms with Gasteiger partial charge in [-0.2, -0.15) is 0 Å². The average Bonchev–Trinajstić information content (AvgIpc) is 2.45. The molecule has 84 valence electrons. The van der Waals surface area contributed by atoms with Crippen LogP contribution in [-0.4, -0.2) is 18.6 Å². The van der Waals surface area contributed by atoms with Crippen LogP contribution in [-0.2, 0) is 0 Å². The van der Waals surface area contributed by atoms with Gasteiger partial charge in [0.15, 0.2) is 0 Å². The number of rotatable bonds is 4. The van der Waals surface area contributed by atoms with Crippen LogP contribution in [0.25, 0.3) is 0 Å². The second-order valence-electron chi connectivity index (χ2n) is 6.06. The Morgan fingerprint density at radius 1 is 1.21 bits per heavy atom. The smallest absolute Gasteiger partial charge is 0.0166 e. The fraction of sp³-hybridized carbons (Fsp3) is 1.00. The molecule has 0 amide bonds. The number of nitrogens with two attached hydrogens (primary N) is 1. The molecule has 0 atom stereocenters. The molecule has 14 heavy (non-hydrogen) atoms. The van der Waals surface area contributed by atoms with Gasteiger partial charge in [0.2, 0.25) is 0 Å². The van der Waals surface area contributed by atoms with Crippen molar-refractivity contribution in [3.8, 4) is 0 Å². The van der Waals surface area contributed by atoms with E-state index in [4.69, 9.17) is 5.73 Å². The molecule has 2 heteroatoms. The van der Waals surface area contributed by atoms with Crippen molar-refractivity contribution < 1.29 is 0 Å². The Hall–Kier alpha value is -0.0800. The highest BCUT2D eigenvalue weighted by Crippen LogP contribution is 2.29. The minimum absolute atomic E-state index is 0.158. The normalized spacial score (nSPS) is 21.4. The quantitative estimate of drug-likeness (QED) is 0.680. The molecule has 1 aliphatic rings. The summed E-state index contributed by atoms with van der Waals surface area (Å²) in [7, 11) is 0. The van der Waals surface area contributed by atoms with Crippen molar-refractivity contribution in [1.82, 2.24) is 5.32 Å². The summed E-state index contributed by atoms with van der Waals surface area (Å²) >= 11 is 0. The van der Waals surface area contributed by atoms with Crippen molar-refractivity contribution in [2.75, 3.05) is 13.1 Å². The summed E-state index contributed by atoms with van der Waals surface area (Å²) in [6.45, 7) is 8.94. The highest BCUT2D eigenvalue weighted by Gasteiger charge is 2.28. The summed E-state index contributed by atoms with van der Waals surface area (Å²) in [5.74, 6) is 0. The predicted octanol–water partition coefficient (Wildman–Crippen LogP) is 2.28. The van der Waals surface area contributed by atoms with Gasteiger partial charge < -0.3 is 11.1 Å². The van der Waals surface area contributed by atoms with Crippen LogP contribution in [0.4, 0.5) is 0 Å². The molecule has 0 saturated heterocycles. The van der Waals surface area contributed by atoms with Gasteiger partial charge in [0.1, 0.15) is 0 Å². The molecule has 1 fully saturated rings. The molecule has 1 aliphatic carbocycles. The molecule has 1 rings (SSSR count). The van der Waals surface area contributed by atoms with Gasteiger partial charge in [0, 0.05) is 5.54 Å². The average molecular weight is 198 g/mol. The molecule has 0 aromatic carbocycles. The zero-order valence-electron chi connectivity index (χ0n) is 10.0. The molecule has 0 radical (unpaired) electrons. The van der Waals surface area contributed by atoms with Crippen molar-refractivity contribution >= 4 is 0 Å². The molecule has 0 bridgehead atoms. The van der Waals surface area contributed by atoms with E-state index in [2.05, 4.69) is 26.1 Å². The van der Waals surface area contributed by atoms with Crippen molar-refractivity contribution in [2.45, 2.75) is 58.4 Å². The Morgan fingerprint density at radius 2 is 1.79 bits per heavy atom. The standard InChI is InChI=1S/C12H26N2/c1-11(2,3)10-14-9-8-12(13)6-4-5-7-12/h14H,4-10,13H2,1-3H3. The van der Waals surface area contributed by atoms with Gasteiger partial charge in [-0.25, -0.2) is 0 Å². The second kappa shape index (κ2) is 4.63. The molecular weight excluding hydrogens is 172 g/mol. The summed E-state index contributed by atoms with van der Waals surface area (Å²) in [6, 6.07) is 0. The van der Waals surface area contributed by atoms with E-state index in [0.29, 0.717) is 5.41 Å². The van der Waals surface area contributed by atoms with Crippen molar-refractivity contribution in [1.29, 1.82) is 0 Å². The monoisotopic (exact) mass is 198 g/mol. The van der Waals surface area contributed by atoms with E-state index in [1.807, 2.05) is 0 Å². The molecule has 3 N–H and O–H groups in total. The first-order chi connectivity index (χ1) is 6.41. The molecule has 0 aromatic heterocycles. The van der Waals surface area contributed by atoms with Crippen LogP contribution in [0.1, 0.15) is 52.9 Å². The van der Waals surface area contributed by atoms with Crippen LogP contribution >= 0.6 is 0 Å². The lowest BCUT2D eigenvalue weighted by atomic mass is 9.94. The molecule has 0 unspecified atom stereocenters. The van der Waals surface area contributed by atoms with Gasteiger partial charge >= 0.3 is 0 Å². The minimum Gasteiger partial charge on any atom is -0.325 e. The van der Waals surface area contributed by atoms with E-state index in [-0.39, 0.29) is 5.54 Å². The van der Waals surface area contributed by atoms with Gasteiger partial charge in [-0.15, -0.1) is 0 Å². The van der Waals surface area contributed by atoms with Crippen molar-refractivity contribution in [2.24, 2.45) is 11.1 Å². The van der Waals surface area contributed by atoms with Gasteiger partial charge in [-0.3, -0.25) is 0 Å². The maximum atomic E-state index is 6.27. The molecule has 0 heterocycles. The van der Waals surface area contributed by atoms with Gasteiger partial charge in [-0.1, -0.05) is 33.6 Å². The van der Waals surface area contributed by atoms with E-state index < -0.39 is 0 Å². The third kappa shape index (κ3) is 4.43. The highest BCUT2D eigenvalue weighted by atomic mass is 14.9. The topological polar surface area (TPSA) is 38.0 Å². The van der Waals surface area contributed by atoms with Crippen LogP contribution in [0.2, 0.25) is 0 Å². The van der Waals surface area contributed by atoms with Crippen LogP contribution in [0.15, 0.2) is 0 Å². The van der Waals surface area contributed by atoms with Crippen molar-refractivity contribution in [3.63, 3.8) is 0 Å².